The summed E-state index contributed by atoms with van der Waals surface area (Å²) in [7, 11) is 1.97. The van der Waals surface area contributed by atoms with Gasteiger partial charge in [-0.3, -0.25) is 4.79 Å². The Morgan fingerprint density at radius 3 is 2.40 bits per heavy atom. The lowest BCUT2D eigenvalue weighted by Crippen LogP contribution is -2.16. The molecule has 1 aromatic rings. The Balaban J connectivity index is 0. The molecule has 0 spiro atoms. The van der Waals surface area contributed by atoms with Crippen LogP contribution in [-0.4, -0.2) is 45.5 Å². The normalized spacial score (nSPS) is 9.40. The summed E-state index contributed by atoms with van der Waals surface area (Å²) >= 11 is 8.12. The fourth-order valence-corrected chi connectivity index (χ4v) is 3.30. The summed E-state index contributed by atoms with van der Waals surface area (Å²) in [6, 6.07) is 4.18. The van der Waals surface area contributed by atoms with Crippen LogP contribution in [0.2, 0.25) is 5.02 Å². The van der Waals surface area contributed by atoms with E-state index < -0.39 is 0 Å². The number of benzene rings is 1. The quantitative estimate of drug-likeness (QED) is 0.354. The van der Waals surface area contributed by atoms with Gasteiger partial charge in [0.15, 0.2) is 0 Å². The Morgan fingerprint density at radius 2 is 1.92 bits per heavy atom. The molecule has 6 heteroatoms. The molecule has 0 amide bonds. The smallest absolute Gasteiger partial charge is 0.293 e. The number of thioether (sulfide) groups is 1. The van der Waals surface area contributed by atoms with Crippen molar-refractivity contribution in [2.24, 2.45) is 0 Å². The molecule has 4 nitrogen and oxygen atoms in total. The largest absolute Gasteiger partial charge is 0.468 e. The van der Waals surface area contributed by atoms with E-state index in [-0.39, 0.29) is 0 Å². The van der Waals surface area contributed by atoms with Gasteiger partial charge in [0, 0.05) is 17.2 Å². The maximum absolute atomic E-state index is 9.18. The molecule has 0 bridgehead atoms. The van der Waals surface area contributed by atoms with Crippen molar-refractivity contribution < 1.29 is 9.53 Å². The summed E-state index contributed by atoms with van der Waals surface area (Å²) in [6.07, 6.45) is 1.07. The number of rotatable bonds is 10. The molecule has 25 heavy (non-hydrogen) atoms. The Morgan fingerprint density at radius 1 is 1.24 bits per heavy atom. The van der Waals surface area contributed by atoms with Gasteiger partial charge in [-0.1, -0.05) is 38.4 Å². The lowest BCUT2D eigenvalue weighted by atomic mass is 10.1. The van der Waals surface area contributed by atoms with Crippen LogP contribution in [0.1, 0.15) is 38.8 Å². The second-order valence-electron chi connectivity index (χ2n) is 4.77. The fourth-order valence-electron chi connectivity index (χ4n) is 1.87. The van der Waals surface area contributed by atoms with Crippen LogP contribution in [0, 0.1) is 6.92 Å². The van der Waals surface area contributed by atoms with E-state index in [2.05, 4.69) is 35.3 Å². The summed E-state index contributed by atoms with van der Waals surface area (Å²) in [4.78, 5) is 10.4. The standard InChI is InChI=1S/C14H23ClN2S.C3H6O2.C2H6/c1-4-17-8-7-12-5-6-13(15)14(11(12)2)18-10-9-16-3;1-2-5-3-4;1-2/h5-6,16-17H,4,7-10H2,1-3H3;3H,2H2,1H3;1-2H3. The van der Waals surface area contributed by atoms with E-state index in [9.17, 15) is 4.79 Å². The second kappa shape index (κ2) is 19.6. The van der Waals surface area contributed by atoms with E-state index in [0.29, 0.717) is 13.1 Å². The zero-order chi connectivity index (χ0) is 19.5. The number of hydrogen-bond acceptors (Lipinski definition) is 5. The van der Waals surface area contributed by atoms with Gasteiger partial charge in [-0.15, -0.1) is 11.8 Å². The first-order valence-corrected chi connectivity index (χ1v) is 10.3. The lowest BCUT2D eigenvalue weighted by Gasteiger charge is -2.13. The number of ether oxygens (including phenoxy) is 1. The van der Waals surface area contributed by atoms with Crippen LogP contribution < -0.4 is 10.6 Å². The van der Waals surface area contributed by atoms with E-state index in [1.807, 2.05) is 38.7 Å². The first kappa shape index (κ1) is 26.5. The first-order valence-electron chi connectivity index (χ1n) is 8.93. The molecule has 0 unspecified atom stereocenters. The van der Waals surface area contributed by atoms with E-state index in [1.165, 1.54) is 16.0 Å². The molecule has 0 atom stereocenters. The van der Waals surface area contributed by atoms with E-state index in [0.717, 1.165) is 36.8 Å². The molecule has 0 aromatic heterocycles. The highest BCUT2D eigenvalue weighted by Crippen LogP contribution is 2.32. The zero-order valence-corrected chi connectivity index (χ0v) is 18.1. The Kier molecular flexibility index (Phi) is 20.7. The molecule has 1 aromatic carbocycles. The van der Waals surface area contributed by atoms with E-state index in [4.69, 9.17) is 11.6 Å². The third-order valence-corrected chi connectivity index (χ3v) is 4.77. The molecule has 0 saturated heterocycles. The molecule has 0 aliphatic carbocycles. The van der Waals surface area contributed by atoms with Gasteiger partial charge in [0.1, 0.15) is 0 Å². The minimum atomic E-state index is 0.431. The topological polar surface area (TPSA) is 50.4 Å². The molecule has 0 aliphatic heterocycles. The van der Waals surface area contributed by atoms with Crippen molar-refractivity contribution >= 4 is 29.8 Å². The average Bonchev–Trinajstić information content (AvgIpc) is 2.63. The number of carbonyl (C=O) groups excluding carboxylic acids is 1. The van der Waals surface area contributed by atoms with Crippen molar-refractivity contribution in [1.82, 2.24) is 10.6 Å². The maximum Gasteiger partial charge on any atom is 0.293 e. The van der Waals surface area contributed by atoms with Gasteiger partial charge in [-0.05, 0) is 57.6 Å². The number of hydrogen-bond donors (Lipinski definition) is 2. The predicted octanol–water partition coefficient (Wildman–Crippen LogP) is 4.32. The maximum atomic E-state index is 9.18. The highest BCUT2D eigenvalue weighted by atomic mass is 35.5. The molecule has 0 radical (unpaired) electrons. The Bertz CT molecular complexity index is 446. The second-order valence-corrected chi connectivity index (χ2v) is 6.28. The molecular formula is C19H35ClN2O2S. The predicted molar refractivity (Wildman–Crippen MR) is 112 cm³/mol. The summed E-state index contributed by atoms with van der Waals surface area (Å²) in [5, 5.41) is 7.40. The van der Waals surface area contributed by atoms with Crippen LogP contribution in [0.4, 0.5) is 0 Å². The van der Waals surface area contributed by atoms with Crippen molar-refractivity contribution in [1.29, 1.82) is 0 Å². The van der Waals surface area contributed by atoms with Crippen LogP contribution in [0.3, 0.4) is 0 Å². The minimum absolute atomic E-state index is 0.431. The Hall–Kier alpha value is -0.750. The first-order chi connectivity index (χ1) is 12.1. The molecule has 2 N–H and O–H groups in total. The van der Waals surface area contributed by atoms with Crippen molar-refractivity contribution in [2.45, 2.75) is 45.9 Å². The van der Waals surface area contributed by atoms with Crippen LogP contribution in [0.25, 0.3) is 0 Å². The van der Waals surface area contributed by atoms with Gasteiger partial charge in [0.2, 0.25) is 0 Å². The highest BCUT2D eigenvalue weighted by Gasteiger charge is 2.09. The van der Waals surface area contributed by atoms with Gasteiger partial charge in [0.25, 0.3) is 6.47 Å². The Labute approximate surface area is 163 Å². The molecule has 146 valence electrons. The fraction of sp³-hybridized carbons (Fsp3) is 0.632. The molecule has 1 rings (SSSR count). The number of likely N-dealkylation sites (N-methyl/N-ethyl adjacent to an activating group) is 1. The minimum Gasteiger partial charge on any atom is -0.468 e. The third-order valence-electron chi connectivity index (χ3n) is 3.12. The number of nitrogens with one attached hydrogen (secondary N) is 2. The van der Waals surface area contributed by atoms with E-state index >= 15 is 0 Å². The van der Waals surface area contributed by atoms with Gasteiger partial charge in [-0.2, -0.15) is 0 Å². The molecule has 0 fully saturated rings. The average molecular weight is 391 g/mol. The van der Waals surface area contributed by atoms with Crippen molar-refractivity contribution in [3.05, 3.63) is 28.3 Å². The van der Waals surface area contributed by atoms with Crippen LogP contribution >= 0.6 is 23.4 Å². The van der Waals surface area contributed by atoms with Gasteiger partial charge in [-0.25, -0.2) is 0 Å². The molecule has 0 saturated carbocycles. The summed E-state index contributed by atoms with van der Waals surface area (Å²) in [6.45, 7) is 14.0. The lowest BCUT2D eigenvalue weighted by molar-refractivity contribution is -0.128. The van der Waals surface area contributed by atoms with Crippen LogP contribution in [0.15, 0.2) is 17.0 Å². The summed E-state index contributed by atoms with van der Waals surface area (Å²) in [5.41, 5.74) is 2.73. The van der Waals surface area contributed by atoms with Gasteiger partial charge < -0.3 is 15.4 Å². The number of halogens is 1. The zero-order valence-electron chi connectivity index (χ0n) is 16.6. The van der Waals surface area contributed by atoms with Crippen molar-refractivity contribution in [3.8, 4) is 0 Å². The van der Waals surface area contributed by atoms with Gasteiger partial charge in [0.05, 0.1) is 11.6 Å². The van der Waals surface area contributed by atoms with Crippen LogP contribution in [0.5, 0.6) is 0 Å². The van der Waals surface area contributed by atoms with Crippen molar-refractivity contribution in [3.63, 3.8) is 0 Å². The molecule has 0 aliphatic rings. The number of carbonyl (C=O) groups is 1. The summed E-state index contributed by atoms with van der Waals surface area (Å²) in [5.74, 6) is 1.05. The SMILES string of the molecule is CC.CCNCCc1ccc(Cl)c(SCCNC)c1C.CCOC=O. The highest BCUT2D eigenvalue weighted by molar-refractivity contribution is 7.99. The summed E-state index contributed by atoms with van der Waals surface area (Å²) < 4.78 is 4.15. The molecule has 0 heterocycles. The molecular weight excluding hydrogens is 356 g/mol. The van der Waals surface area contributed by atoms with E-state index in [1.54, 1.807) is 6.92 Å². The third kappa shape index (κ3) is 13.2. The van der Waals surface area contributed by atoms with Crippen LogP contribution in [-0.2, 0) is 16.0 Å². The van der Waals surface area contributed by atoms with Crippen molar-refractivity contribution in [2.75, 3.05) is 39.0 Å². The van der Waals surface area contributed by atoms with Gasteiger partial charge >= 0.3 is 0 Å². The monoisotopic (exact) mass is 390 g/mol.